The first-order chi connectivity index (χ1) is 10.1. The van der Waals surface area contributed by atoms with Gasteiger partial charge in [0.2, 0.25) is 5.91 Å². The molecule has 1 N–H and O–H groups in total. The third-order valence-corrected chi connectivity index (χ3v) is 3.35. The molecule has 0 heterocycles. The van der Waals surface area contributed by atoms with Gasteiger partial charge in [-0.3, -0.25) is 9.59 Å². The maximum absolute atomic E-state index is 12.0. The molecule has 3 heteroatoms. The summed E-state index contributed by atoms with van der Waals surface area (Å²) in [4.78, 5) is 24.0. The third kappa shape index (κ3) is 7.39. The number of ketones is 1. The van der Waals surface area contributed by atoms with Gasteiger partial charge < -0.3 is 5.32 Å². The highest BCUT2D eigenvalue weighted by molar-refractivity contribution is 5.96. The largest absolute Gasteiger partial charge is 0.351 e. The van der Waals surface area contributed by atoms with Crippen molar-refractivity contribution in [3.05, 3.63) is 35.9 Å². The van der Waals surface area contributed by atoms with Crippen molar-refractivity contribution in [2.45, 2.75) is 65.8 Å². The standard InChI is InChI=1S/C19H29NO2/c1-18(2,3)14-19(4,5)20-17(22)13-9-12-16(21)15-10-7-6-8-11-15/h6-8,10-11H,9,12-14H2,1-5H3,(H,20,22). The van der Waals surface area contributed by atoms with Gasteiger partial charge in [-0.05, 0) is 32.1 Å². The molecule has 0 unspecified atom stereocenters. The minimum absolute atomic E-state index is 0.0233. The predicted octanol–water partition coefficient (Wildman–Crippen LogP) is 4.37. The fourth-order valence-corrected chi connectivity index (χ4v) is 2.99. The maximum Gasteiger partial charge on any atom is 0.220 e. The van der Waals surface area contributed by atoms with Gasteiger partial charge >= 0.3 is 0 Å². The Morgan fingerprint density at radius 3 is 2.09 bits per heavy atom. The van der Waals surface area contributed by atoms with Crippen molar-refractivity contribution in [1.29, 1.82) is 0 Å². The Hall–Kier alpha value is -1.64. The molecule has 0 spiro atoms. The van der Waals surface area contributed by atoms with Crippen LogP contribution in [0.15, 0.2) is 30.3 Å². The van der Waals surface area contributed by atoms with Gasteiger partial charge in [0.05, 0.1) is 0 Å². The van der Waals surface area contributed by atoms with Crippen LogP contribution in [-0.4, -0.2) is 17.2 Å². The Morgan fingerprint density at radius 1 is 0.955 bits per heavy atom. The maximum atomic E-state index is 12.0. The average Bonchev–Trinajstić information content (AvgIpc) is 2.35. The van der Waals surface area contributed by atoms with Crippen LogP contribution in [0.5, 0.6) is 0 Å². The molecule has 0 aliphatic carbocycles. The number of Topliss-reactive ketones (excluding diaryl/α,β-unsaturated/α-hetero) is 1. The zero-order valence-corrected chi connectivity index (χ0v) is 14.5. The zero-order chi connectivity index (χ0) is 16.8. The van der Waals surface area contributed by atoms with Gasteiger partial charge in [0.25, 0.3) is 0 Å². The molecule has 1 aromatic rings. The molecule has 1 amide bonds. The van der Waals surface area contributed by atoms with Crippen LogP contribution in [-0.2, 0) is 4.79 Å². The van der Waals surface area contributed by atoms with Crippen molar-refractivity contribution in [3.8, 4) is 0 Å². The monoisotopic (exact) mass is 303 g/mol. The number of amides is 1. The smallest absolute Gasteiger partial charge is 0.220 e. The second kappa shape index (κ2) is 7.57. The van der Waals surface area contributed by atoms with E-state index in [1.54, 1.807) is 0 Å². The summed E-state index contributed by atoms with van der Waals surface area (Å²) in [6.07, 6.45) is 2.31. The van der Waals surface area contributed by atoms with E-state index in [2.05, 4.69) is 26.1 Å². The summed E-state index contributed by atoms with van der Waals surface area (Å²) in [6.45, 7) is 10.6. The van der Waals surface area contributed by atoms with E-state index < -0.39 is 0 Å². The van der Waals surface area contributed by atoms with E-state index in [1.165, 1.54) is 0 Å². The summed E-state index contributed by atoms with van der Waals surface area (Å²) in [5.74, 6) is 0.123. The molecule has 0 radical (unpaired) electrons. The van der Waals surface area contributed by atoms with Crippen molar-refractivity contribution in [2.24, 2.45) is 5.41 Å². The van der Waals surface area contributed by atoms with Gasteiger partial charge in [-0.15, -0.1) is 0 Å². The molecular formula is C19H29NO2. The molecule has 0 saturated heterocycles. The van der Waals surface area contributed by atoms with Gasteiger partial charge in [0.1, 0.15) is 0 Å². The SMILES string of the molecule is CC(C)(C)CC(C)(C)NC(=O)CCCC(=O)c1ccccc1. The molecular weight excluding hydrogens is 274 g/mol. The van der Waals surface area contributed by atoms with E-state index in [4.69, 9.17) is 0 Å². The molecule has 22 heavy (non-hydrogen) atoms. The van der Waals surface area contributed by atoms with Crippen molar-refractivity contribution in [1.82, 2.24) is 5.32 Å². The number of carbonyl (C=O) groups is 2. The number of carbonyl (C=O) groups excluding carboxylic acids is 2. The minimum atomic E-state index is -0.223. The lowest BCUT2D eigenvalue weighted by Gasteiger charge is -2.33. The molecule has 0 aliphatic rings. The van der Waals surface area contributed by atoms with Gasteiger partial charge in [0, 0.05) is 23.9 Å². The zero-order valence-electron chi connectivity index (χ0n) is 14.5. The summed E-state index contributed by atoms with van der Waals surface area (Å²) in [5.41, 5.74) is 0.662. The first-order valence-electron chi connectivity index (χ1n) is 7.98. The first-order valence-corrected chi connectivity index (χ1v) is 7.98. The van der Waals surface area contributed by atoms with Crippen LogP contribution in [0.4, 0.5) is 0 Å². The summed E-state index contributed by atoms with van der Waals surface area (Å²) in [7, 11) is 0. The van der Waals surface area contributed by atoms with Gasteiger partial charge in [-0.2, -0.15) is 0 Å². The molecule has 0 aliphatic heterocycles. The highest BCUT2D eigenvalue weighted by atomic mass is 16.1. The molecule has 122 valence electrons. The summed E-state index contributed by atoms with van der Waals surface area (Å²) >= 11 is 0. The number of hydrogen-bond donors (Lipinski definition) is 1. The van der Waals surface area contributed by atoms with Crippen LogP contribution in [0.2, 0.25) is 0 Å². The fourth-order valence-electron chi connectivity index (χ4n) is 2.99. The summed E-state index contributed by atoms with van der Waals surface area (Å²) in [6, 6.07) is 9.23. The minimum Gasteiger partial charge on any atom is -0.351 e. The lowest BCUT2D eigenvalue weighted by Crippen LogP contribution is -2.45. The third-order valence-electron chi connectivity index (χ3n) is 3.35. The Kier molecular flexibility index (Phi) is 6.34. The van der Waals surface area contributed by atoms with Gasteiger partial charge in [-0.25, -0.2) is 0 Å². The molecule has 0 aromatic heterocycles. The number of hydrogen-bond acceptors (Lipinski definition) is 2. The quantitative estimate of drug-likeness (QED) is 0.760. The normalized spacial score (nSPS) is 12.0. The Balaban J connectivity index is 2.36. The van der Waals surface area contributed by atoms with E-state index in [0.29, 0.717) is 19.3 Å². The summed E-state index contributed by atoms with van der Waals surface area (Å²) in [5, 5.41) is 3.08. The van der Waals surface area contributed by atoms with Crippen molar-refractivity contribution in [2.75, 3.05) is 0 Å². The van der Waals surface area contributed by atoms with Crippen molar-refractivity contribution in [3.63, 3.8) is 0 Å². The van der Waals surface area contributed by atoms with Crippen LogP contribution in [0.3, 0.4) is 0 Å². The Morgan fingerprint density at radius 2 is 1.55 bits per heavy atom. The topological polar surface area (TPSA) is 46.2 Å². The number of nitrogens with one attached hydrogen (secondary N) is 1. The van der Waals surface area contributed by atoms with Crippen LogP contribution in [0.1, 0.15) is 70.7 Å². The average molecular weight is 303 g/mol. The molecule has 0 bridgehead atoms. The molecule has 3 nitrogen and oxygen atoms in total. The van der Waals surface area contributed by atoms with Crippen molar-refractivity contribution >= 4 is 11.7 Å². The Labute approximate surface area is 134 Å². The van der Waals surface area contributed by atoms with Crippen LogP contribution in [0.25, 0.3) is 0 Å². The molecule has 0 atom stereocenters. The fraction of sp³-hybridized carbons (Fsp3) is 0.579. The molecule has 1 aromatic carbocycles. The van der Waals surface area contributed by atoms with E-state index in [1.807, 2.05) is 44.2 Å². The summed E-state index contributed by atoms with van der Waals surface area (Å²) < 4.78 is 0. The lowest BCUT2D eigenvalue weighted by molar-refractivity contribution is -0.123. The van der Waals surface area contributed by atoms with Crippen LogP contribution < -0.4 is 5.32 Å². The number of benzene rings is 1. The van der Waals surface area contributed by atoms with Crippen LogP contribution >= 0.6 is 0 Å². The molecule has 0 saturated carbocycles. The Bertz CT molecular complexity index is 498. The van der Waals surface area contributed by atoms with E-state index in [-0.39, 0.29) is 22.6 Å². The molecule has 0 fully saturated rings. The van der Waals surface area contributed by atoms with E-state index in [0.717, 1.165) is 12.0 Å². The highest BCUT2D eigenvalue weighted by Crippen LogP contribution is 2.26. The highest BCUT2D eigenvalue weighted by Gasteiger charge is 2.26. The van der Waals surface area contributed by atoms with E-state index in [9.17, 15) is 9.59 Å². The first kappa shape index (κ1) is 18.4. The van der Waals surface area contributed by atoms with E-state index >= 15 is 0 Å². The number of rotatable bonds is 7. The second-order valence-corrected chi connectivity index (χ2v) is 7.81. The van der Waals surface area contributed by atoms with Gasteiger partial charge in [0.15, 0.2) is 5.78 Å². The second-order valence-electron chi connectivity index (χ2n) is 7.81. The van der Waals surface area contributed by atoms with Crippen molar-refractivity contribution < 1.29 is 9.59 Å². The van der Waals surface area contributed by atoms with Gasteiger partial charge in [-0.1, -0.05) is 51.1 Å². The predicted molar refractivity (Wildman–Crippen MR) is 90.9 cm³/mol. The van der Waals surface area contributed by atoms with Crippen LogP contribution in [0, 0.1) is 5.41 Å². The molecule has 1 rings (SSSR count). The lowest BCUT2D eigenvalue weighted by atomic mass is 9.81.